The van der Waals surface area contributed by atoms with Crippen LogP contribution in [0.15, 0.2) is 22.7 Å². The molecule has 0 saturated heterocycles. The lowest BCUT2D eigenvalue weighted by atomic mass is 9.79. The van der Waals surface area contributed by atoms with Gasteiger partial charge >= 0.3 is 5.97 Å². The van der Waals surface area contributed by atoms with Crippen molar-refractivity contribution in [2.45, 2.75) is 18.9 Å². The van der Waals surface area contributed by atoms with E-state index in [9.17, 15) is 9.59 Å². The van der Waals surface area contributed by atoms with Gasteiger partial charge in [0.15, 0.2) is 0 Å². The normalized spacial score (nSPS) is 25.2. The van der Waals surface area contributed by atoms with Crippen molar-refractivity contribution < 1.29 is 14.7 Å². The van der Waals surface area contributed by atoms with Crippen LogP contribution in [0, 0.1) is 5.92 Å². The lowest BCUT2D eigenvalue weighted by molar-refractivity contribution is -0.145. The second-order valence-corrected chi connectivity index (χ2v) is 6.29. The smallest absolute Gasteiger partial charge is 0.306 e. The summed E-state index contributed by atoms with van der Waals surface area (Å²) in [5.41, 5.74) is 1.87. The van der Waals surface area contributed by atoms with E-state index in [-0.39, 0.29) is 17.9 Å². The molecule has 1 amide bonds. The van der Waals surface area contributed by atoms with Gasteiger partial charge in [0.2, 0.25) is 5.91 Å². The van der Waals surface area contributed by atoms with Crippen LogP contribution in [0.3, 0.4) is 0 Å². The van der Waals surface area contributed by atoms with Crippen LogP contribution < -0.4 is 9.80 Å². The predicted octanol–water partition coefficient (Wildman–Crippen LogP) is 2.10. The van der Waals surface area contributed by atoms with Crippen molar-refractivity contribution in [3.63, 3.8) is 0 Å². The van der Waals surface area contributed by atoms with Gasteiger partial charge < -0.3 is 14.9 Å². The molecule has 1 N–H and O–H groups in total. The van der Waals surface area contributed by atoms with Crippen LogP contribution in [0.2, 0.25) is 0 Å². The summed E-state index contributed by atoms with van der Waals surface area (Å²) >= 11 is 3.42. The molecule has 1 aromatic carbocycles. The summed E-state index contributed by atoms with van der Waals surface area (Å²) in [6.07, 6.45) is 1.23. The Bertz CT molecular complexity index is 584. The SMILES string of the molecule is CN1C(=O)CN(C2CC(C(=O)O)C2)c2ccc(Br)cc21. The molecule has 5 nitrogen and oxygen atoms in total. The van der Waals surface area contributed by atoms with E-state index in [4.69, 9.17) is 5.11 Å². The van der Waals surface area contributed by atoms with Crippen LogP contribution in [-0.2, 0) is 9.59 Å². The molecule has 2 aliphatic rings. The van der Waals surface area contributed by atoms with Gasteiger partial charge in [0.05, 0.1) is 23.8 Å². The molecule has 0 radical (unpaired) electrons. The number of carbonyl (C=O) groups is 2. The van der Waals surface area contributed by atoms with E-state index in [1.54, 1.807) is 11.9 Å². The lowest BCUT2D eigenvalue weighted by Crippen LogP contribution is -2.53. The third kappa shape index (κ3) is 2.08. The Balaban J connectivity index is 1.89. The number of hydrogen-bond acceptors (Lipinski definition) is 3. The maximum atomic E-state index is 12.1. The maximum absolute atomic E-state index is 12.1. The first kappa shape index (κ1) is 13.4. The van der Waals surface area contributed by atoms with Crippen molar-refractivity contribution in [1.29, 1.82) is 0 Å². The first-order chi connectivity index (χ1) is 9.47. The van der Waals surface area contributed by atoms with Gasteiger partial charge in [-0.1, -0.05) is 15.9 Å². The zero-order chi connectivity index (χ0) is 14.4. The van der Waals surface area contributed by atoms with Crippen LogP contribution in [0.5, 0.6) is 0 Å². The number of carboxylic acids is 1. The van der Waals surface area contributed by atoms with Crippen molar-refractivity contribution in [2.75, 3.05) is 23.4 Å². The zero-order valence-corrected chi connectivity index (χ0v) is 12.6. The highest BCUT2D eigenvalue weighted by Gasteiger charge is 2.41. The standard InChI is InChI=1S/C14H15BrN2O3/c1-16-12-6-9(15)2-3-11(12)17(7-13(16)18)10-4-8(5-10)14(19)20/h2-3,6,8,10H,4-5,7H2,1H3,(H,19,20). The molecule has 0 aromatic heterocycles. The number of amides is 1. The molecule has 0 spiro atoms. The van der Waals surface area contributed by atoms with E-state index >= 15 is 0 Å². The topological polar surface area (TPSA) is 60.9 Å². The number of likely N-dealkylation sites (N-methyl/N-ethyl adjacent to an activating group) is 1. The predicted molar refractivity (Wildman–Crippen MR) is 79.0 cm³/mol. The highest BCUT2D eigenvalue weighted by molar-refractivity contribution is 9.10. The number of fused-ring (bicyclic) bond motifs is 1. The molecular formula is C14H15BrN2O3. The first-order valence-electron chi connectivity index (χ1n) is 6.53. The first-order valence-corrected chi connectivity index (χ1v) is 7.32. The molecular weight excluding hydrogens is 324 g/mol. The van der Waals surface area contributed by atoms with Crippen molar-refractivity contribution in [3.8, 4) is 0 Å². The molecule has 0 bridgehead atoms. The van der Waals surface area contributed by atoms with Crippen LogP contribution >= 0.6 is 15.9 Å². The number of halogens is 1. The molecule has 1 heterocycles. The lowest BCUT2D eigenvalue weighted by Gasteiger charge is -2.46. The van der Waals surface area contributed by atoms with Gasteiger partial charge in [-0.05, 0) is 31.0 Å². The molecule has 0 atom stereocenters. The number of anilines is 2. The Hall–Kier alpha value is -1.56. The van der Waals surface area contributed by atoms with Gasteiger partial charge in [0.25, 0.3) is 0 Å². The monoisotopic (exact) mass is 338 g/mol. The van der Waals surface area contributed by atoms with Crippen molar-refractivity contribution in [2.24, 2.45) is 5.92 Å². The Morgan fingerprint density at radius 3 is 2.70 bits per heavy atom. The molecule has 1 aliphatic heterocycles. The van der Waals surface area contributed by atoms with Crippen LogP contribution in [0.4, 0.5) is 11.4 Å². The third-order valence-electron chi connectivity index (χ3n) is 4.19. The summed E-state index contributed by atoms with van der Waals surface area (Å²) in [6, 6.07) is 6.00. The minimum atomic E-state index is -0.738. The number of rotatable bonds is 2. The van der Waals surface area contributed by atoms with Gasteiger partial charge in [-0.25, -0.2) is 0 Å². The summed E-state index contributed by atoms with van der Waals surface area (Å²) in [6.45, 7) is 0.322. The Kier molecular flexibility index (Phi) is 3.20. The van der Waals surface area contributed by atoms with Crippen LogP contribution in [-0.4, -0.2) is 36.6 Å². The van der Waals surface area contributed by atoms with Gasteiger partial charge in [0.1, 0.15) is 0 Å². The van der Waals surface area contributed by atoms with E-state index in [0.717, 1.165) is 15.8 Å². The average molecular weight is 339 g/mol. The summed E-state index contributed by atoms with van der Waals surface area (Å²) < 4.78 is 0.926. The number of nitrogens with zero attached hydrogens (tertiary/aromatic N) is 2. The second kappa shape index (κ2) is 4.77. The summed E-state index contributed by atoms with van der Waals surface area (Å²) in [4.78, 5) is 26.7. The van der Waals surface area contributed by atoms with Crippen LogP contribution in [0.25, 0.3) is 0 Å². The summed E-state index contributed by atoms with van der Waals surface area (Å²) in [5.74, 6) is -0.972. The fourth-order valence-electron chi connectivity index (χ4n) is 2.85. The largest absolute Gasteiger partial charge is 0.481 e. The molecule has 3 rings (SSSR count). The molecule has 20 heavy (non-hydrogen) atoms. The summed E-state index contributed by atoms with van der Waals surface area (Å²) in [5, 5.41) is 8.98. The van der Waals surface area contributed by atoms with Gasteiger partial charge in [-0.3, -0.25) is 9.59 Å². The number of carboxylic acid groups (broad SMARTS) is 1. The Morgan fingerprint density at radius 2 is 2.05 bits per heavy atom. The maximum Gasteiger partial charge on any atom is 0.306 e. The Morgan fingerprint density at radius 1 is 1.35 bits per heavy atom. The zero-order valence-electron chi connectivity index (χ0n) is 11.0. The van der Waals surface area contributed by atoms with Gasteiger partial charge in [-0.15, -0.1) is 0 Å². The molecule has 1 aliphatic carbocycles. The molecule has 1 aromatic rings. The van der Waals surface area contributed by atoms with Gasteiger partial charge in [-0.2, -0.15) is 0 Å². The highest BCUT2D eigenvalue weighted by Crippen LogP contribution is 2.41. The third-order valence-corrected chi connectivity index (χ3v) is 4.68. The fraction of sp³-hybridized carbons (Fsp3) is 0.429. The summed E-state index contributed by atoms with van der Waals surface area (Å²) in [7, 11) is 1.77. The average Bonchev–Trinajstić information content (AvgIpc) is 2.33. The number of carbonyl (C=O) groups excluding carboxylic acids is 1. The van der Waals surface area contributed by atoms with Crippen molar-refractivity contribution in [1.82, 2.24) is 0 Å². The minimum absolute atomic E-state index is 0.0365. The van der Waals surface area contributed by atoms with Crippen molar-refractivity contribution in [3.05, 3.63) is 22.7 Å². The van der Waals surface area contributed by atoms with E-state index in [0.29, 0.717) is 19.4 Å². The molecule has 106 valence electrons. The minimum Gasteiger partial charge on any atom is -0.481 e. The van der Waals surface area contributed by atoms with E-state index < -0.39 is 5.97 Å². The molecule has 1 saturated carbocycles. The molecule has 0 unspecified atom stereocenters. The van der Waals surface area contributed by atoms with E-state index in [2.05, 4.69) is 15.9 Å². The number of benzene rings is 1. The Labute approximate surface area is 125 Å². The molecule has 6 heteroatoms. The highest BCUT2D eigenvalue weighted by atomic mass is 79.9. The van der Waals surface area contributed by atoms with Crippen LogP contribution in [0.1, 0.15) is 12.8 Å². The van der Waals surface area contributed by atoms with Crippen molar-refractivity contribution >= 4 is 39.2 Å². The quantitative estimate of drug-likeness (QED) is 0.896. The molecule has 1 fully saturated rings. The van der Waals surface area contributed by atoms with E-state index in [1.807, 2.05) is 23.1 Å². The fourth-order valence-corrected chi connectivity index (χ4v) is 3.20. The number of aliphatic carboxylic acids is 1. The number of hydrogen-bond donors (Lipinski definition) is 1. The van der Waals surface area contributed by atoms with Gasteiger partial charge in [0, 0.05) is 17.6 Å². The second-order valence-electron chi connectivity index (χ2n) is 5.37. The van der Waals surface area contributed by atoms with E-state index in [1.165, 1.54) is 0 Å².